The van der Waals surface area contributed by atoms with Crippen molar-refractivity contribution in [3.05, 3.63) is 76.1 Å². The molecule has 3 aromatic rings. The highest BCUT2D eigenvalue weighted by atomic mass is 16.6. The third kappa shape index (κ3) is 2.47. The van der Waals surface area contributed by atoms with Crippen LogP contribution in [0.2, 0.25) is 0 Å². The zero-order valence-corrected chi connectivity index (χ0v) is 14.5. The molecule has 132 valence electrons. The van der Waals surface area contributed by atoms with Crippen LogP contribution in [0.3, 0.4) is 0 Å². The van der Waals surface area contributed by atoms with Gasteiger partial charge in [-0.2, -0.15) is 0 Å². The maximum absolute atomic E-state index is 12.7. The SMILES string of the molecule is COC(=O)[C@]1(C)C[C@H](c2ccccc2)c2c(c3ccccc3oc2=O)O1. The Morgan fingerprint density at radius 1 is 1.12 bits per heavy atom. The predicted molar refractivity (Wildman–Crippen MR) is 96.4 cm³/mol. The molecule has 0 aliphatic carbocycles. The molecule has 1 aliphatic rings. The van der Waals surface area contributed by atoms with Gasteiger partial charge in [0.15, 0.2) is 0 Å². The summed E-state index contributed by atoms with van der Waals surface area (Å²) >= 11 is 0. The van der Waals surface area contributed by atoms with Crippen LogP contribution in [0.1, 0.15) is 30.4 Å². The number of esters is 1. The lowest BCUT2D eigenvalue weighted by Crippen LogP contribution is -2.47. The molecule has 0 bridgehead atoms. The van der Waals surface area contributed by atoms with Gasteiger partial charge in [-0.25, -0.2) is 9.59 Å². The number of hydrogen-bond acceptors (Lipinski definition) is 5. The topological polar surface area (TPSA) is 65.7 Å². The van der Waals surface area contributed by atoms with Crippen LogP contribution < -0.4 is 10.4 Å². The molecule has 0 fully saturated rings. The Balaban J connectivity index is 2.02. The second-order valence-corrected chi connectivity index (χ2v) is 6.62. The highest BCUT2D eigenvalue weighted by molar-refractivity contribution is 5.87. The minimum Gasteiger partial charge on any atom is -0.474 e. The minimum absolute atomic E-state index is 0.291. The Morgan fingerprint density at radius 2 is 1.81 bits per heavy atom. The smallest absolute Gasteiger partial charge is 0.349 e. The van der Waals surface area contributed by atoms with Crippen molar-refractivity contribution in [2.75, 3.05) is 7.11 Å². The van der Waals surface area contributed by atoms with E-state index in [1.54, 1.807) is 19.1 Å². The summed E-state index contributed by atoms with van der Waals surface area (Å²) in [7, 11) is 1.33. The van der Waals surface area contributed by atoms with Gasteiger partial charge in [-0.15, -0.1) is 0 Å². The van der Waals surface area contributed by atoms with Crippen LogP contribution in [0.15, 0.2) is 63.8 Å². The Hall–Kier alpha value is -3.08. The fraction of sp³-hybridized carbons (Fsp3) is 0.238. The van der Waals surface area contributed by atoms with Crippen LogP contribution in [0.5, 0.6) is 5.75 Å². The molecule has 4 rings (SSSR count). The maximum atomic E-state index is 12.7. The third-order valence-corrected chi connectivity index (χ3v) is 4.89. The first-order chi connectivity index (χ1) is 12.5. The molecule has 0 saturated heterocycles. The van der Waals surface area contributed by atoms with Crippen molar-refractivity contribution in [1.29, 1.82) is 0 Å². The molecule has 1 aliphatic heterocycles. The Morgan fingerprint density at radius 3 is 2.54 bits per heavy atom. The molecule has 2 atom stereocenters. The van der Waals surface area contributed by atoms with E-state index in [1.165, 1.54) is 7.11 Å². The summed E-state index contributed by atoms with van der Waals surface area (Å²) in [5.41, 5.74) is 0.154. The molecule has 0 saturated carbocycles. The average molecular weight is 350 g/mol. The van der Waals surface area contributed by atoms with Crippen molar-refractivity contribution in [3.8, 4) is 5.75 Å². The molecule has 26 heavy (non-hydrogen) atoms. The normalized spacial score (nSPS) is 21.7. The van der Waals surface area contributed by atoms with Gasteiger partial charge >= 0.3 is 11.6 Å². The van der Waals surface area contributed by atoms with E-state index >= 15 is 0 Å². The van der Waals surface area contributed by atoms with E-state index in [4.69, 9.17) is 13.9 Å². The average Bonchev–Trinajstić information content (AvgIpc) is 2.67. The molecule has 0 spiro atoms. The van der Waals surface area contributed by atoms with Crippen LogP contribution in [0.25, 0.3) is 11.0 Å². The van der Waals surface area contributed by atoms with Gasteiger partial charge < -0.3 is 13.9 Å². The number of benzene rings is 2. The number of ether oxygens (including phenoxy) is 2. The lowest BCUT2D eigenvalue weighted by Gasteiger charge is -2.37. The van der Waals surface area contributed by atoms with E-state index in [2.05, 4.69) is 0 Å². The third-order valence-electron chi connectivity index (χ3n) is 4.89. The molecular weight excluding hydrogens is 332 g/mol. The van der Waals surface area contributed by atoms with Gasteiger partial charge in [0.2, 0.25) is 5.60 Å². The molecule has 0 radical (unpaired) electrons. The molecule has 0 unspecified atom stereocenters. The number of carbonyl (C=O) groups is 1. The molecule has 2 aromatic carbocycles. The van der Waals surface area contributed by atoms with Gasteiger partial charge in [0.1, 0.15) is 11.3 Å². The first kappa shape index (κ1) is 16.4. The quantitative estimate of drug-likeness (QED) is 0.521. The highest BCUT2D eigenvalue weighted by Gasteiger charge is 2.46. The second kappa shape index (κ2) is 6.02. The van der Waals surface area contributed by atoms with Crippen LogP contribution in [-0.2, 0) is 9.53 Å². The van der Waals surface area contributed by atoms with Gasteiger partial charge in [0, 0.05) is 12.3 Å². The lowest BCUT2D eigenvalue weighted by atomic mass is 9.79. The second-order valence-electron chi connectivity index (χ2n) is 6.62. The van der Waals surface area contributed by atoms with Crippen LogP contribution in [0, 0.1) is 0 Å². The Kier molecular flexibility index (Phi) is 3.80. The fourth-order valence-electron chi connectivity index (χ4n) is 3.62. The zero-order chi connectivity index (χ0) is 18.3. The number of hydrogen-bond donors (Lipinski definition) is 0. The monoisotopic (exact) mass is 350 g/mol. The summed E-state index contributed by atoms with van der Waals surface area (Å²) < 4.78 is 16.6. The van der Waals surface area contributed by atoms with Crippen molar-refractivity contribution in [2.45, 2.75) is 24.9 Å². The predicted octanol–water partition coefficient (Wildman–Crippen LogP) is 3.64. The van der Waals surface area contributed by atoms with Crippen molar-refractivity contribution < 1.29 is 18.7 Å². The van der Waals surface area contributed by atoms with E-state index in [-0.39, 0.29) is 5.92 Å². The number of carbonyl (C=O) groups excluding carboxylic acids is 1. The highest BCUT2D eigenvalue weighted by Crippen LogP contribution is 2.46. The fourth-order valence-corrected chi connectivity index (χ4v) is 3.62. The van der Waals surface area contributed by atoms with E-state index in [1.807, 2.05) is 42.5 Å². The molecule has 5 nitrogen and oxygen atoms in total. The number of para-hydroxylation sites is 1. The Bertz CT molecular complexity index is 1040. The van der Waals surface area contributed by atoms with Crippen LogP contribution in [-0.4, -0.2) is 18.7 Å². The molecule has 1 aromatic heterocycles. The van der Waals surface area contributed by atoms with Crippen LogP contribution >= 0.6 is 0 Å². The maximum Gasteiger partial charge on any atom is 0.349 e. The summed E-state index contributed by atoms with van der Waals surface area (Å²) in [6.45, 7) is 1.70. The molecular formula is C21H18O5. The summed E-state index contributed by atoms with van der Waals surface area (Å²) in [6, 6.07) is 16.8. The van der Waals surface area contributed by atoms with Crippen molar-refractivity contribution in [1.82, 2.24) is 0 Å². The van der Waals surface area contributed by atoms with E-state index in [0.717, 1.165) is 5.56 Å². The zero-order valence-electron chi connectivity index (χ0n) is 14.5. The summed E-state index contributed by atoms with van der Waals surface area (Å²) in [6.07, 6.45) is 0.291. The van der Waals surface area contributed by atoms with Gasteiger partial charge in [-0.1, -0.05) is 42.5 Å². The lowest BCUT2D eigenvalue weighted by molar-refractivity contribution is -0.159. The number of rotatable bonds is 2. The summed E-state index contributed by atoms with van der Waals surface area (Å²) in [5, 5.41) is 0.665. The molecule has 0 amide bonds. The van der Waals surface area contributed by atoms with Gasteiger partial charge in [0.05, 0.1) is 18.1 Å². The molecule has 0 N–H and O–H groups in total. The van der Waals surface area contributed by atoms with Crippen molar-refractivity contribution >= 4 is 16.9 Å². The van der Waals surface area contributed by atoms with Gasteiger partial charge in [-0.05, 0) is 24.6 Å². The first-order valence-corrected chi connectivity index (χ1v) is 8.41. The molecule has 2 heterocycles. The van der Waals surface area contributed by atoms with Crippen molar-refractivity contribution in [3.63, 3.8) is 0 Å². The van der Waals surface area contributed by atoms with Gasteiger partial charge in [-0.3, -0.25) is 0 Å². The summed E-state index contributed by atoms with van der Waals surface area (Å²) in [5.74, 6) is -0.406. The largest absolute Gasteiger partial charge is 0.474 e. The van der Waals surface area contributed by atoms with E-state index in [0.29, 0.717) is 28.7 Å². The van der Waals surface area contributed by atoms with Crippen molar-refractivity contribution in [2.24, 2.45) is 0 Å². The number of fused-ring (bicyclic) bond motifs is 3. The van der Waals surface area contributed by atoms with E-state index < -0.39 is 17.2 Å². The minimum atomic E-state index is -1.20. The standard InChI is InChI=1S/C21H18O5/c1-21(20(23)24-2)12-15(13-8-4-3-5-9-13)17-18(26-21)14-10-6-7-11-16(14)25-19(17)22/h3-11,15H,12H2,1-2H3/t15-,21+/m1/s1. The Labute approximate surface area is 150 Å². The van der Waals surface area contributed by atoms with E-state index in [9.17, 15) is 9.59 Å². The number of methoxy groups -OCH3 is 1. The van der Waals surface area contributed by atoms with Crippen LogP contribution in [0.4, 0.5) is 0 Å². The van der Waals surface area contributed by atoms with Gasteiger partial charge in [0.25, 0.3) is 0 Å². The first-order valence-electron chi connectivity index (χ1n) is 8.41. The molecule has 5 heteroatoms. The summed E-state index contributed by atoms with van der Waals surface area (Å²) in [4.78, 5) is 25.2.